The first-order valence-corrected chi connectivity index (χ1v) is 17.7. The van der Waals surface area contributed by atoms with Crippen LogP contribution in [0, 0.1) is 5.82 Å². The van der Waals surface area contributed by atoms with Gasteiger partial charge in [0.1, 0.15) is 11.6 Å². The van der Waals surface area contributed by atoms with Crippen molar-refractivity contribution in [2.45, 2.75) is 101 Å². The highest BCUT2D eigenvalue weighted by Gasteiger charge is 2.18. The summed E-state index contributed by atoms with van der Waals surface area (Å²) in [6.07, 6.45) is 17.4. The Balaban J connectivity index is 1.05. The van der Waals surface area contributed by atoms with Crippen molar-refractivity contribution in [2.24, 2.45) is 0 Å². The summed E-state index contributed by atoms with van der Waals surface area (Å²) in [4.78, 5) is 12.4. The van der Waals surface area contributed by atoms with Gasteiger partial charge in [0.2, 0.25) is 6.79 Å². The van der Waals surface area contributed by atoms with E-state index in [4.69, 9.17) is 9.47 Å². The number of carbonyl (C=O) groups is 1. The van der Waals surface area contributed by atoms with Crippen LogP contribution >= 0.6 is 0 Å². The number of Topliss-reactive ketones (excluding diaryl/α,β-unsaturated/α-hetero) is 1. The molecule has 0 unspecified atom stereocenters. The Hall–Kier alpha value is -3.19. The summed E-state index contributed by atoms with van der Waals surface area (Å²) in [7, 11) is -3.23. The molecule has 0 radical (unpaired) electrons. The Labute approximate surface area is 256 Å². The van der Waals surface area contributed by atoms with Crippen LogP contribution < -0.4 is 9.47 Å². The van der Waals surface area contributed by atoms with Gasteiger partial charge in [-0.1, -0.05) is 88.5 Å². The molecule has 0 N–H and O–H groups in total. The Bertz CT molecular complexity index is 1430. The first-order valence-electron chi connectivity index (χ1n) is 15.8. The van der Waals surface area contributed by atoms with Gasteiger partial charge in [0.05, 0.1) is 4.90 Å². The number of hydrogen-bond acceptors (Lipinski definition) is 5. The zero-order valence-electron chi connectivity index (χ0n) is 25.4. The molecule has 0 saturated heterocycles. The van der Waals surface area contributed by atoms with E-state index in [0.717, 1.165) is 53.9 Å². The number of fused-ring (bicyclic) bond motifs is 1. The summed E-state index contributed by atoms with van der Waals surface area (Å²) in [5, 5.41) is 0. The SMILES string of the molecule is CS(=O)(=O)c1ccc(-c2cc3c(cc2CCCCCCCCCCCCCCC(=O)Cc2cccc(F)c2)OCO3)cc1. The van der Waals surface area contributed by atoms with Crippen LogP contribution in [0.1, 0.15) is 94.6 Å². The number of sulfone groups is 1. The predicted molar refractivity (Wildman–Crippen MR) is 170 cm³/mol. The fourth-order valence-corrected chi connectivity index (χ4v) is 6.34. The molecule has 0 fully saturated rings. The highest BCUT2D eigenvalue weighted by atomic mass is 32.2. The first kappa shape index (κ1) is 32.7. The van der Waals surface area contributed by atoms with Crippen molar-refractivity contribution < 1.29 is 27.1 Å². The minimum Gasteiger partial charge on any atom is -0.454 e. The van der Waals surface area contributed by atoms with Crippen LogP contribution in [-0.2, 0) is 27.5 Å². The lowest BCUT2D eigenvalue weighted by Gasteiger charge is -2.12. The zero-order valence-corrected chi connectivity index (χ0v) is 26.2. The lowest BCUT2D eigenvalue weighted by Crippen LogP contribution is -2.02. The van der Waals surface area contributed by atoms with Gasteiger partial charge >= 0.3 is 0 Å². The molecule has 0 bridgehead atoms. The second kappa shape index (κ2) is 16.6. The highest BCUT2D eigenvalue weighted by Crippen LogP contribution is 2.39. The van der Waals surface area contributed by atoms with Gasteiger partial charge < -0.3 is 9.47 Å². The minimum absolute atomic E-state index is 0.197. The van der Waals surface area contributed by atoms with Crippen LogP contribution in [-0.4, -0.2) is 27.2 Å². The summed E-state index contributed by atoms with van der Waals surface area (Å²) in [5.74, 6) is 1.43. The van der Waals surface area contributed by atoms with Crippen LogP contribution in [0.2, 0.25) is 0 Å². The molecule has 0 atom stereocenters. The maximum absolute atomic E-state index is 13.2. The van der Waals surface area contributed by atoms with Gasteiger partial charge in [0, 0.05) is 19.1 Å². The van der Waals surface area contributed by atoms with Crippen LogP contribution in [0.15, 0.2) is 65.6 Å². The molecule has 3 aromatic rings. The number of rotatable bonds is 19. The van der Waals surface area contributed by atoms with Gasteiger partial charge in [-0.15, -0.1) is 0 Å². The number of benzene rings is 3. The standard InChI is InChI=1S/C36H45FO5S/c1-43(39,40)33-21-19-29(20-22-33)34-26-36-35(41-27-42-36)25-30(34)16-12-10-8-6-4-2-3-5-7-9-11-13-18-32(38)24-28-15-14-17-31(37)23-28/h14-15,17,19-23,25-26H,2-13,16,18,24,27H2,1H3. The molecule has 1 aliphatic heterocycles. The average Bonchev–Trinajstić information content (AvgIpc) is 3.44. The molecule has 0 saturated carbocycles. The third-order valence-corrected chi connectivity index (χ3v) is 9.26. The van der Waals surface area contributed by atoms with Gasteiger partial charge in [0.15, 0.2) is 21.3 Å². The van der Waals surface area contributed by atoms with Gasteiger partial charge in [-0.2, -0.15) is 0 Å². The van der Waals surface area contributed by atoms with Crippen molar-refractivity contribution in [1.29, 1.82) is 0 Å². The summed E-state index contributed by atoms with van der Waals surface area (Å²) < 4.78 is 48.2. The molecule has 3 aromatic carbocycles. The smallest absolute Gasteiger partial charge is 0.231 e. The third-order valence-electron chi connectivity index (χ3n) is 8.13. The van der Waals surface area contributed by atoms with Crippen molar-refractivity contribution in [2.75, 3.05) is 13.0 Å². The molecule has 0 aliphatic carbocycles. The Kier molecular flexibility index (Phi) is 12.6. The van der Waals surface area contributed by atoms with E-state index >= 15 is 0 Å². The van der Waals surface area contributed by atoms with E-state index in [-0.39, 0.29) is 18.4 Å². The van der Waals surface area contributed by atoms with Crippen LogP contribution in [0.25, 0.3) is 11.1 Å². The lowest BCUT2D eigenvalue weighted by atomic mass is 9.94. The molecule has 0 amide bonds. The molecular formula is C36H45FO5S. The number of ether oxygens (including phenoxy) is 2. The molecule has 43 heavy (non-hydrogen) atoms. The quantitative estimate of drug-likeness (QED) is 0.127. The van der Waals surface area contributed by atoms with Crippen LogP contribution in [0.4, 0.5) is 4.39 Å². The monoisotopic (exact) mass is 608 g/mol. The fourth-order valence-electron chi connectivity index (χ4n) is 5.71. The van der Waals surface area contributed by atoms with E-state index < -0.39 is 9.84 Å². The van der Waals surface area contributed by atoms with Crippen molar-refractivity contribution >= 4 is 15.6 Å². The fraction of sp³-hybridized carbons (Fsp3) is 0.472. The molecule has 7 heteroatoms. The molecule has 232 valence electrons. The maximum Gasteiger partial charge on any atom is 0.231 e. The third kappa shape index (κ3) is 10.8. The van der Waals surface area contributed by atoms with Gasteiger partial charge in [-0.05, 0) is 77.9 Å². The summed E-state index contributed by atoms with van der Waals surface area (Å²) in [6, 6.07) is 17.5. The van der Waals surface area contributed by atoms with Crippen molar-refractivity contribution in [1.82, 2.24) is 0 Å². The van der Waals surface area contributed by atoms with Crippen molar-refractivity contribution in [3.8, 4) is 22.6 Å². The Morgan fingerprint density at radius 1 is 0.744 bits per heavy atom. The van der Waals surface area contributed by atoms with Crippen molar-refractivity contribution in [3.05, 3.63) is 77.6 Å². The normalized spacial score (nSPS) is 12.5. The van der Waals surface area contributed by atoms with Gasteiger partial charge in [-0.3, -0.25) is 4.79 Å². The number of ketones is 1. The lowest BCUT2D eigenvalue weighted by molar-refractivity contribution is -0.118. The maximum atomic E-state index is 13.2. The number of carbonyl (C=O) groups excluding carboxylic acids is 1. The molecule has 1 aliphatic rings. The molecule has 4 rings (SSSR count). The van der Waals surface area contributed by atoms with Crippen LogP contribution in [0.5, 0.6) is 11.5 Å². The highest BCUT2D eigenvalue weighted by molar-refractivity contribution is 7.90. The number of halogens is 1. The Morgan fingerprint density at radius 3 is 1.93 bits per heavy atom. The Morgan fingerprint density at radius 2 is 1.33 bits per heavy atom. The summed E-state index contributed by atoms with van der Waals surface area (Å²) >= 11 is 0. The number of unbranched alkanes of at least 4 members (excludes halogenated alkanes) is 11. The van der Waals surface area contributed by atoms with Gasteiger partial charge in [0.25, 0.3) is 0 Å². The molecule has 1 heterocycles. The van der Waals surface area contributed by atoms with Crippen LogP contribution in [0.3, 0.4) is 0 Å². The van der Waals surface area contributed by atoms with Crippen molar-refractivity contribution in [3.63, 3.8) is 0 Å². The second-order valence-corrected chi connectivity index (χ2v) is 13.8. The molecule has 0 aromatic heterocycles. The predicted octanol–water partition coefficient (Wildman–Crippen LogP) is 9.05. The second-order valence-electron chi connectivity index (χ2n) is 11.7. The van der Waals surface area contributed by atoms with E-state index in [9.17, 15) is 17.6 Å². The summed E-state index contributed by atoms with van der Waals surface area (Å²) in [5.41, 5.74) is 4.02. The minimum atomic E-state index is -3.23. The van der Waals surface area contributed by atoms with Gasteiger partial charge in [-0.25, -0.2) is 12.8 Å². The zero-order chi connectivity index (χ0) is 30.5. The van der Waals surface area contributed by atoms with E-state index in [1.807, 2.05) is 24.3 Å². The number of hydrogen-bond donors (Lipinski definition) is 0. The van der Waals surface area contributed by atoms with E-state index in [1.165, 1.54) is 81.7 Å². The van der Waals surface area contributed by atoms with E-state index in [1.54, 1.807) is 18.2 Å². The largest absolute Gasteiger partial charge is 0.454 e. The summed E-state index contributed by atoms with van der Waals surface area (Å²) in [6.45, 7) is 0.228. The van der Waals surface area contributed by atoms with E-state index in [2.05, 4.69) is 6.07 Å². The molecule has 5 nitrogen and oxygen atoms in total. The topological polar surface area (TPSA) is 69.7 Å². The number of aryl methyl sites for hydroxylation is 1. The molecule has 0 spiro atoms. The van der Waals surface area contributed by atoms with E-state index in [0.29, 0.717) is 17.7 Å². The first-order chi connectivity index (χ1) is 20.8. The average molecular weight is 609 g/mol. The molecular weight excluding hydrogens is 563 g/mol.